The van der Waals surface area contributed by atoms with Gasteiger partial charge < -0.3 is 5.32 Å². The van der Waals surface area contributed by atoms with Crippen LogP contribution in [-0.2, 0) is 17.6 Å². The lowest BCUT2D eigenvalue weighted by Crippen LogP contribution is -2.38. The van der Waals surface area contributed by atoms with E-state index in [1.165, 1.54) is 12.1 Å². The Bertz CT molecular complexity index is 639. The van der Waals surface area contributed by atoms with Crippen molar-refractivity contribution in [1.82, 2.24) is 15.5 Å². The van der Waals surface area contributed by atoms with E-state index in [0.29, 0.717) is 12.3 Å². The van der Waals surface area contributed by atoms with E-state index in [1.54, 1.807) is 6.20 Å². The fourth-order valence-electron chi connectivity index (χ4n) is 3.54. The van der Waals surface area contributed by atoms with Crippen LogP contribution >= 0.6 is 0 Å². The molecule has 1 aliphatic rings. The smallest absolute Gasteiger partial charge is 0.220 e. The zero-order chi connectivity index (χ0) is 16.8. The molecule has 2 aromatic rings. The van der Waals surface area contributed by atoms with Gasteiger partial charge in [-0.2, -0.15) is 5.10 Å². The van der Waals surface area contributed by atoms with E-state index in [1.807, 2.05) is 18.3 Å². The van der Waals surface area contributed by atoms with Crippen LogP contribution in [0.1, 0.15) is 43.2 Å². The fraction of sp³-hybridized carbons (Fsp3) is 0.474. The molecule has 1 fully saturated rings. The van der Waals surface area contributed by atoms with Gasteiger partial charge in [0.15, 0.2) is 0 Å². The van der Waals surface area contributed by atoms with Gasteiger partial charge in [0.1, 0.15) is 5.82 Å². The maximum Gasteiger partial charge on any atom is 0.220 e. The Hall–Kier alpha value is -2.17. The van der Waals surface area contributed by atoms with Crippen molar-refractivity contribution in [2.45, 2.75) is 51.0 Å². The summed E-state index contributed by atoms with van der Waals surface area (Å²) in [7, 11) is 0. The quantitative estimate of drug-likeness (QED) is 0.818. The minimum atomic E-state index is -0.201. The van der Waals surface area contributed by atoms with Gasteiger partial charge in [-0.15, -0.1) is 0 Å². The van der Waals surface area contributed by atoms with Crippen molar-refractivity contribution >= 4 is 5.91 Å². The number of hydrogen-bond acceptors (Lipinski definition) is 2. The summed E-state index contributed by atoms with van der Waals surface area (Å²) in [4.78, 5) is 12.2. The summed E-state index contributed by atoms with van der Waals surface area (Å²) >= 11 is 0. The third-order valence-electron chi connectivity index (χ3n) is 4.84. The van der Waals surface area contributed by atoms with Gasteiger partial charge in [0, 0.05) is 18.7 Å². The Morgan fingerprint density at radius 2 is 2.08 bits per heavy atom. The topological polar surface area (TPSA) is 57.8 Å². The molecular formula is C19H24FN3O. The number of carbonyl (C=O) groups is 1. The van der Waals surface area contributed by atoms with E-state index in [-0.39, 0.29) is 17.8 Å². The number of rotatable bonds is 7. The predicted octanol–water partition coefficient (Wildman–Crippen LogP) is 3.40. The van der Waals surface area contributed by atoms with Gasteiger partial charge in [-0.05, 0) is 61.3 Å². The first-order chi connectivity index (χ1) is 11.7. The molecule has 2 atom stereocenters. The van der Waals surface area contributed by atoms with Crippen molar-refractivity contribution in [1.29, 1.82) is 0 Å². The van der Waals surface area contributed by atoms with Crippen molar-refractivity contribution in [3.05, 3.63) is 53.6 Å². The second-order valence-electron chi connectivity index (χ2n) is 6.66. The molecule has 0 unspecified atom stereocenters. The van der Waals surface area contributed by atoms with Crippen molar-refractivity contribution in [3.8, 4) is 0 Å². The lowest BCUT2D eigenvalue weighted by atomic mass is 9.94. The molecule has 0 aliphatic heterocycles. The number of amides is 1. The lowest BCUT2D eigenvalue weighted by Gasteiger charge is -2.21. The van der Waals surface area contributed by atoms with Gasteiger partial charge in [0.25, 0.3) is 0 Å². The number of halogens is 1. The molecule has 1 saturated carbocycles. The molecule has 0 spiro atoms. The average Bonchev–Trinajstić information content (AvgIpc) is 3.22. The van der Waals surface area contributed by atoms with Crippen molar-refractivity contribution < 1.29 is 9.18 Å². The SMILES string of the molecule is O=C(CCCc1cn[nH]c1)N[C@H]1CCC[C@H]1Cc1ccc(F)cc1. The Morgan fingerprint density at radius 1 is 1.25 bits per heavy atom. The van der Waals surface area contributed by atoms with Crippen molar-refractivity contribution in [2.75, 3.05) is 0 Å². The van der Waals surface area contributed by atoms with Gasteiger partial charge in [-0.1, -0.05) is 18.6 Å². The predicted molar refractivity (Wildman–Crippen MR) is 90.9 cm³/mol. The molecular weight excluding hydrogens is 305 g/mol. The highest BCUT2D eigenvalue weighted by molar-refractivity contribution is 5.76. The van der Waals surface area contributed by atoms with E-state index in [2.05, 4.69) is 15.5 Å². The summed E-state index contributed by atoms with van der Waals surface area (Å²) in [5.74, 6) is 0.385. The fourth-order valence-corrected chi connectivity index (χ4v) is 3.54. The molecule has 3 rings (SSSR count). The molecule has 4 nitrogen and oxygen atoms in total. The standard InChI is InChI=1S/C19H24FN3O/c20-17-9-7-14(8-10-17)11-16-4-2-5-18(16)23-19(24)6-1-3-15-12-21-22-13-15/h7-10,12-13,16,18H,1-6,11H2,(H,21,22)(H,23,24)/t16-,18-/m0/s1. The van der Waals surface area contributed by atoms with Gasteiger partial charge >= 0.3 is 0 Å². The molecule has 0 radical (unpaired) electrons. The maximum atomic E-state index is 13.0. The molecule has 1 heterocycles. The van der Waals surface area contributed by atoms with Crippen LogP contribution in [0.15, 0.2) is 36.7 Å². The zero-order valence-electron chi connectivity index (χ0n) is 13.8. The minimum Gasteiger partial charge on any atom is -0.353 e. The van der Waals surface area contributed by atoms with Crippen LogP contribution in [-0.4, -0.2) is 22.1 Å². The van der Waals surface area contributed by atoms with Crippen LogP contribution in [0.3, 0.4) is 0 Å². The third kappa shape index (κ3) is 4.66. The number of aryl methyl sites for hydroxylation is 1. The first kappa shape index (κ1) is 16.7. The first-order valence-electron chi connectivity index (χ1n) is 8.72. The molecule has 1 aromatic carbocycles. The highest BCUT2D eigenvalue weighted by atomic mass is 19.1. The first-order valence-corrected chi connectivity index (χ1v) is 8.72. The molecule has 1 amide bonds. The highest BCUT2D eigenvalue weighted by Gasteiger charge is 2.28. The van der Waals surface area contributed by atoms with E-state index in [0.717, 1.165) is 49.7 Å². The van der Waals surface area contributed by atoms with E-state index in [4.69, 9.17) is 0 Å². The monoisotopic (exact) mass is 329 g/mol. The second-order valence-corrected chi connectivity index (χ2v) is 6.66. The van der Waals surface area contributed by atoms with Gasteiger partial charge in [0.2, 0.25) is 5.91 Å². The van der Waals surface area contributed by atoms with Gasteiger partial charge in [0.05, 0.1) is 6.20 Å². The Labute approximate surface area is 141 Å². The van der Waals surface area contributed by atoms with Crippen molar-refractivity contribution in [3.63, 3.8) is 0 Å². The van der Waals surface area contributed by atoms with E-state index < -0.39 is 0 Å². The molecule has 128 valence electrons. The molecule has 0 saturated heterocycles. The van der Waals surface area contributed by atoms with Crippen molar-refractivity contribution in [2.24, 2.45) is 5.92 Å². The number of aromatic nitrogens is 2. The largest absolute Gasteiger partial charge is 0.353 e. The molecule has 0 bridgehead atoms. The summed E-state index contributed by atoms with van der Waals surface area (Å²) in [6.45, 7) is 0. The van der Waals surface area contributed by atoms with Crippen LogP contribution < -0.4 is 5.32 Å². The van der Waals surface area contributed by atoms with Gasteiger partial charge in [-0.25, -0.2) is 4.39 Å². The van der Waals surface area contributed by atoms with Crippen LogP contribution in [0.2, 0.25) is 0 Å². The van der Waals surface area contributed by atoms with Gasteiger partial charge in [-0.3, -0.25) is 9.89 Å². The second kappa shape index (κ2) is 8.08. The summed E-state index contributed by atoms with van der Waals surface area (Å²) in [6.07, 6.45) is 10.1. The number of benzene rings is 1. The Kier molecular flexibility index (Phi) is 5.62. The maximum absolute atomic E-state index is 13.0. The molecule has 1 aromatic heterocycles. The molecule has 24 heavy (non-hydrogen) atoms. The summed E-state index contributed by atoms with van der Waals surface area (Å²) in [6, 6.07) is 6.95. The number of H-pyrrole nitrogens is 1. The molecule has 2 N–H and O–H groups in total. The number of hydrogen-bond donors (Lipinski definition) is 2. The number of aromatic amines is 1. The number of carbonyl (C=O) groups excluding carboxylic acids is 1. The normalized spacial score (nSPS) is 20.2. The summed E-state index contributed by atoms with van der Waals surface area (Å²) in [5, 5.41) is 9.90. The lowest BCUT2D eigenvalue weighted by molar-refractivity contribution is -0.122. The summed E-state index contributed by atoms with van der Waals surface area (Å²) in [5.41, 5.74) is 2.28. The van der Waals surface area contributed by atoms with E-state index in [9.17, 15) is 9.18 Å². The number of nitrogens with one attached hydrogen (secondary N) is 2. The molecule has 1 aliphatic carbocycles. The van der Waals surface area contributed by atoms with Crippen LogP contribution in [0, 0.1) is 11.7 Å². The summed E-state index contributed by atoms with van der Waals surface area (Å²) < 4.78 is 13.0. The highest BCUT2D eigenvalue weighted by Crippen LogP contribution is 2.29. The van der Waals surface area contributed by atoms with Crippen LogP contribution in [0.5, 0.6) is 0 Å². The number of nitrogens with zero attached hydrogens (tertiary/aromatic N) is 1. The van der Waals surface area contributed by atoms with Crippen LogP contribution in [0.4, 0.5) is 4.39 Å². The Balaban J connectivity index is 1.44. The minimum absolute atomic E-state index is 0.134. The zero-order valence-corrected chi connectivity index (χ0v) is 13.8. The van der Waals surface area contributed by atoms with Crippen LogP contribution in [0.25, 0.3) is 0 Å². The van der Waals surface area contributed by atoms with E-state index >= 15 is 0 Å². The molecule has 5 heteroatoms. The average molecular weight is 329 g/mol. The third-order valence-corrected chi connectivity index (χ3v) is 4.84. The Morgan fingerprint density at radius 3 is 2.83 bits per heavy atom.